The van der Waals surface area contributed by atoms with Gasteiger partial charge in [-0.1, -0.05) is 58.0 Å². The molecule has 2 aliphatic heterocycles. The van der Waals surface area contributed by atoms with Crippen LogP contribution >= 0.6 is 21.6 Å². The van der Waals surface area contributed by atoms with Crippen LogP contribution < -0.4 is 142 Å². The first-order valence-electron chi connectivity index (χ1n) is 45.8. The van der Waals surface area contributed by atoms with E-state index in [0.717, 1.165) is 21.6 Å². The number of phenols is 3. The third-order valence-corrected chi connectivity index (χ3v) is 24.6. The number of carboxylic acid groups (broad SMARTS) is 1. The summed E-state index contributed by atoms with van der Waals surface area (Å²) in [6.07, 6.45) is -0.516. The predicted octanol–water partition coefficient (Wildman–Crippen LogP) is -6.85. The van der Waals surface area contributed by atoms with Crippen molar-refractivity contribution in [1.82, 2.24) is 95.3 Å². The van der Waals surface area contributed by atoms with Crippen LogP contribution in [-0.2, 0) is 86.4 Å². The first-order valence-corrected chi connectivity index (χ1v) is 48.3. The second-order valence-corrected chi connectivity index (χ2v) is 35.9. The number of rotatable bonds is 47. The number of aliphatic carboxylic acids is 1. The van der Waals surface area contributed by atoms with Gasteiger partial charge in [-0.15, -0.1) is 0 Å². The van der Waals surface area contributed by atoms with E-state index in [1.807, 2.05) is 0 Å². The minimum absolute atomic E-state index is 0.00139. The number of benzene rings is 3. The second kappa shape index (κ2) is 62.3. The van der Waals surface area contributed by atoms with Crippen molar-refractivity contribution in [3.8, 4) is 17.2 Å². The molecule has 0 unspecified atom stereocenters. The Labute approximate surface area is 807 Å². The lowest BCUT2D eigenvalue weighted by Gasteiger charge is -2.31. The Hall–Kier alpha value is -13.5. The summed E-state index contributed by atoms with van der Waals surface area (Å²) in [4.78, 5) is 212. The molecule has 2 aliphatic rings. The molecular weight excluding hydrogens is 1830 g/mol. The van der Waals surface area contributed by atoms with Gasteiger partial charge in [0, 0.05) is 70.0 Å². The van der Waals surface area contributed by atoms with E-state index in [0.29, 0.717) is 24.0 Å². The molecular formula is C86H140N32O18S2. The highest BCUT2D eigenvalue weighted by atomic mass is 33.1. The van der Waals surface area contributed by atoms with Gasteiger partial charge in [0.2, 0.25) is 76.8 Å². The summed E-state index contributed by atoms with van der Waals surface area (Å²) in [6, 6.07) is -6.04. The highest BCUT2D eigenvalue weighted by molar-refractivity contribution is 8.76. The molecule has 0 radical (unpaired) electrons. The van der Waals surface area contributed by atoms with Gasteiger partial charge in [0.15, 0.2) is 29.8 Å². The Balaban J connectivity index is 1.82. The van der Waals surface area contributed by atoms with E-state index in [1.54, 1.807) is 0 Å². The first-order chi connectivity index (χ1) is 65.8. The molecule has 5 rings (SSSR count). The zero-order valence-corrected chi connectivity index (χ0v) is 78.9. The molecule has 52 heteroatoms. The molecule has 0 aliphatic carbocycles. The van der Waals surface area contributed by atoms with Crippen molar-refractivity contribution in [2.24, 2.45) is 51.6 Å². The fourth-order valence-electron chi connectivity index (χ4n) is 14.7. The average molecular weight is 1970 g/mol. The number of nitrogens with one attached hydrogen (secondary N) is 22. The fraction of sp³-hybridized carbons (Fsp3) is 0.570. The lowest BCUT2D eigenvalue weighted by molar-refractivity contribution is -0.142. The number of guanidine groups is 5. The van der Waals surface area contributed by atoms with Crippen molar-refractivity contribution in [3.05, 3.63) is 89.5 Å². The van der Waals surface area contributed by atoms with Gasteiger partial charge in [-0.05, 0) is 208 Å². The smallest absolute Gasteiger partial charge is 0.326 e. The van der Waals surface area contributed by atoms with Gasteiger partial charge < -0.3 is 167 Å². The van der Waals surface area contributed by atoms with E-state index in [4.69, 9.17) is 78.6 Å². The number of fused-ring (bicyclic) bond motifs is 1. The number of hydrogen-bond donors (Lipinski definition) is 35. The maximum absolute atomic E-state index is 15.9. The van der Waals surface area contributed by atoms with Crippen molar-refractivity contribution in [2.75, 3.05) is 70.4 Å². The quantitative estimate of drug-likeness (QED) is 0.0108. The number of carboxylic acids is 1. The van der Waals surface area contributed by atoms with E-state index in [1.165, 1.54) is 77.7 Å². The highest BCUT2D eigenvalue weighted by Crippen LogP contribution is 2.26. The molecule has 2 heterocycles. The van der Waals surface area contributed by atoms with Crippen molar-refractivity contribution >= 4 is 134 Å². The normalized spacial score (nSPS) is 20.6. The van der Waals surface area contributed by atoms with Crippen LogP contribution in [0.25, 0.3) is 0 Å². The molecule has 0 aromatic heterocycles. The number of phenolic OH excluding ortho intramolecular Hbond substituents is 3. The number of nitrogens with zero attached hydrogens (tertiary/aromatic N) is 1. The lowest BCUT2D eigenvalue weighted by atomic mass is 10.0. The summed E-state index contributed by atoms with van der Waals surface area (Å²) >= 11 is 0. The molecule has 14 atom stereocenters. The Morgan fingerprint density at radius 2 is 0.754 bits per heavy atom. The zero-order valence-electron chi connectivity index (χ0n) is 77.2. The number of carbonyl (C=O) groups is 14. The first kappa shape index (κ1) is 115. The number of carbonyl (C=O) groups excluding carboxylic acids is 13. The molecule has 2 fully saturated rings. The van der Waals surface area contributed by atoms with Gasteiger partial charge in [-0.3, -0.25) is 89.4 Å². The number of aromatic hydroxyl groups is 3. The van der Waals surface area contributed by atoms with Gasteiger partial charge in [0.1, 0.15) is 95.8 Å². The molecule has 3 aromatic rings. The molecule has 13 amide bonds. The molecule has 3 aromatic carbocycles. The summed E-state index contributed by atoms with van der Waals surface area (Å²) in [6.45, 7) is 0.344. The Kier molecular flexibility index (Phi) is 51.9. The maximum Gasteiger partial charge on any atom is 0.326 e. The summed E-state index contributed by atoms with van der Waals surface area (Å²) in [7, 11) is 1.50. The molecule has 44 N–H and O–H groups in total. The van der Waals surface area contributed by atoms with E-state index >= 15 is 52.7 Å². The standard InChI is InChI=1S/C86H140N32O18S2/c87-34-4-1-14-55-71(125)111-60(16-3-6-36-89)80(134)118-42-12-21-67(118)79(133)115-64(45-50-26-32-53(121)33-27-50)75(129)110-59(19-10-40-104-85(97)98)70(124)108-56(15-2-5-35-88)73(127)116-65(77(131)112-61(81(135)136)20-11-41-105-86(99)100)46-137-138-47-66(78(132)114-62(43-48-22-28-51(119)29-23-48)74(128)109-58(69(123)107-55)18-9-39-103-84(95)96)117-76(130)63(44-49-24-30-52(120)31-25-49)113-72(126)57(17-8-38-102-83(93)94)106-68(122)54(90)13-7-37-101-82(91)92/h22-33,54-67,119-121H,1-21,34-47,87-90H2,(H,106,122)(H,107,123)(H,108,124)(H,109,128)(H,110,129)(H,111,125)(H,112,131)(H,113,126)(H,114,132)(H,115,133)(H,116,127)(H,117,130)(H,135,136)(H4,91,92,101)(H4,93,94,102)(H4,95,96,103)(H4,97,98,104)(H4,99,100,105)/t54-,55-,56-,57-,58-,59-,60+,61-,62-,63-,64-,65-,66-,67-/m0/s1. The summed E-state index contributed by atoms with van der Waals surface area (Å²) in [5.41, 5.74) is 53.0. The van der Waals surface area contributed by atoms with E-state index in [2.05, 4.69) is 90.4 Å². The van der Waals surface area contributed by atoms with E-state index in [-0.39, 0.29) is 216 Å². The Bertz CT molecular complexity index is 4530. The summed E-state index contributed by atoms with van der Waals surface area (Å²) in [5, 5.41) is 126. The molecule has 764 valence electrons. The second-order valence-electron chi connectivity index (χ2n) is 33.3. The van der Waals surface area contributed by atoms with Crippen LogP contribution in [-0.4, -0.2) is 293 Å². The predicted molar refractivity (Wildman–Crippen MR) is 518 cm³/mol. The fourth-order valence-corrected chi connectivity index (χ4v) is 17.1. The summed E-state index contributed by atoms with van der Waals surface area (Å²) in [5.74, 6) is -18.3. The number of nitrogens with two attached hydrogens (primary N) is 9. The van der Waals surface area contributed by atoms with Crippen molar-refractivity contribution < 1.29 is 87.5 Å². The molecule has 0 spiro atoms. The molecule has 2 saturated heterocycles. The number of amides is 13. The maximum atomic E-state index is 15.9. The van der Waals surface area contributed by atoms with Crippen LogP contribution in [0.2, 0.25) is 0 Å². The van der Waals surface area contributed by atoms with Gasteiger partial charge in [0.05, 0.1) is 6.04 Å². The minimum Gasteiger partial charge on any atom is -0.508 e. The van der Waals surface area contributed by atoms with Crippen molar-refractivity contribution in [1.29, 1.82) is 27.0 Å². The van der Waals surface area contributed by atoms with Crippen LogP contribution in [0.1, 0.15) is 152 Å². The monoisotopic (exact) mass is 1970 g/mol. The van der Waals surface area contributed by atoms with Gasteiger partial charge >= 0.3 is 5.97 Å². The van der Waals surface area contributed by atoms with Crippen LogP contribution in [0.5, 0.6) is 17.2 Å². The molecule has 138 heavy (non-hydrogen) atoms. The van der Waals surface area contributed by atoms with Crippen LogP contribution in [0, 0.1) is 27.0 Å². The average Bonchev–Trinajstić information content (AvgIpc) is 1.71. The largest absolute Gasteiger partial charge is 0.508 e. The van der Waals surface area contributed by atoms with Gasteiger partial charge in [0.25, 0.3) is 0 Å². The van der Waals surface area contributed by atoms with Crippen LogP contribution in [0.3, 0.4) is 0 Å². The highest BCUT2D eigenvalue weighted by Gasteiger charge is 2.42. The number of hydrogen-bond acceptors (Lipinski definition) is 28. The SMILES string of the molecule is N=C(N)NCCC[C@H](NC(=O)[C@@H]1CSSC[C@H](NC(=O)[C@H](Cc2ccc(O)cc2)NC(=O)[C@H](CCCNC(=N)N)NC(=O)[C@@H](N)CCCNC(=N)N)C(=O)N[C@@H](Cc2ccc(O)cc2)C(=O)N[C@@H](CCCNC(=N)N)C(=O)N[C@@H](CCCCN)C(=O)N[C@H](CCCCN)C(=O)N2CCC[C@H]2C(=O)N[C@@H](Cc2ccc(O)cc2)C(=O)N[C@@H](CCCNC(=N)N)C(=O)N[C@@H](CCCCN)C(=O)N1)C(=O)O. The molecule has 0 saturated carbocycles. The van der Waals surface area contributed by atoms with Crippen molar-refractivity contribution in [2.45, 2.75) is 239 Å². The third-order valence-electron chi connectivity index (χ3n) is 22.2. The lowest BCUT2D eigenvalue weighted by Crippen LogP contribution is -2.61. The van der Waals surface area contributed by atoms with E-state index in [9.17, 15) is 34.8 Å². The summed E-state index contributed by atoms with van der Waals surface area (Å²) < 4.78 is 0. The van der Waals surface area contributed by atoms with Gasteiger partial charge in [-0.2, -0.15) is 0 Å². The third kappa shape index (κ3) is 43.7. The Morgan fingerprint density at radius 3 is 1.18 bits per heavy atom. The number of unbranched alkanes of at least 4 members (excludes halogenated alkanes) is 3. The zero-order chi connectivity index (χ0) is 102. The van der Waals surface area contributed by atoms with Gasteiger partial charge in [-0.25, -0.2) is 4.79 Å². The molecule has 0 bridgehead atoms. The Morgan fingerprint density at radius 1 is 0.399 bits per heavy atom. The van der Waals surface area contributed by atoms with Crippen LogP contribution in [0.15, 0.2) is 72.8 Å². The molecule has 50 nitrogen and oxygen atoms in total. The van der Waals surface area contributed by atoms with Crippen LogP contribution in [0.4, 0.5) is 0 Å². The topological polar surface area (TPSA) is 881 Å². The van der Waals surface area contributed by atoms with E-state index < -0.39 is 216 Å². The minimum atomic E-state index is -1.90. The van der Waals surface area contributed by atoms with Crippen molar-refractivity contribution in [3.63, 3.8) is 0 Å².